The highest BCUT2D eigenvalue weighted by molar-refractivity contribution is 7.16. The summed E-state index contributed by atoms with van der Waals surface area (Å²) in [6.45, 7) is 9.68. The molecule has 29 heavy (non-hydrogen) atoms. The highest BCUT2D eigenvalue weighted by Crippen LogP contribution is 2.22. The first kappa shape index (κ1) is 20.5. The molecule has 1 aromatic heterocycles. The second-order valence-corrected chi connectivity index (χ2v) is 7.76. The number of hydrogen-bond donors (Lipinski definition) is 1. The molecule has 0 saturated carbocycles. The molecule has 0 bridgehead atoms. The van der Waals surface area contributed by atoms with E-state index in [1.54, 1.807) is 30.3 Å². The molecule has 0 spiro atoms. The number of nitrogens with zero attached hydrogens (tertiary/aromatic N) is 2. The lowest BCUT2D eigenvalue weighted by atomic mass is 10.2. The summed E-state index contributed by atoms with van der Waals surface area (Å²) in [4.78, 5) is 28.9. The number of aromatic nitrogens is 1. The Morgan fingerprint density at radius 2 is 1.97 bits per heavy atom. The van der Waals surface area contributed by atoms with Crippen molar-refractivity contribution >= 4 is 39.1 Å². The predicted octanol–water partition coefficient (Wildman–Crippen LogP) is 4.38. The molecule has 7 heteroatoms. The van der Waals surface area contributed by atoms with Gasteiger partial charge in [-0.2, -0.15) is 4.99 Å². The number of benzene rings is 2. The molecule has 0 atom stereocenters. The van der Waals surface area contributed by atoms with Crippen LogP contribution in [0.25, 0.3) is 10.2 Å². The Kier molecular flexibility index (Phi) is 6.29. The van der Waals surface area contributed by atoms with Gasteiger partial charge in [-0.05, 0) is 56.3 Å². The van der Waals surface area contributed by atoms with Crippen LogP contribution in [-0.4, -0.2) is 22.5 Å². The molecule has 150 valence electrons. The third-order valence-corrected chi connectivity index (χ3v) is 5.03. The van der Waals surface area contributed by atoms with Gasteiger partial charge in [-0.25, -0.2) is 0 Å². The molecule has 0 aliphatic carbocycles. The van der Waals surface area contributed by atoms with Crippen LogP contribution in [0.5, 0.6) is 5.75 Å². The molecule has 0 aliphatic rings. The van der Waals surface area contributed by atoms with E-state index in [-0.39, 0.29) is 17.9 Å². The fourth-order valence-electron chi connectivity index (χ4n) is 2.84. The maximum Gasteiger partial charge on any atom is 0.279 e. The van der Waals surface area contributed by atoms with Crippen LogP contribution in [0.1, 0.15) is 31.1 Å². The minimum atomic E-state index is -0.326. The average molecular weight is 410 g/mol. The van der Waals surface area contributed by atoms with E-state index in [9.17, 15) is 9.59 Å². The van der Waals surface area contributed by atoms with E-state index in [1.807, 2.05) is 36.6 Å². The number of fused-ring (bicyclic) bond motifs is 1. The lowest BCUT2D eigenvalue weighted by molar-refractivity contribution is -0.114. The zero-order chi connectivity index (χ0) is 21.0. The maximum atomic E-state index is 12.7. The topological polar surface area (TPSA) is 72.7 Å². The number of allylic oxidation sites excluding steroid dienone is 1. The summed E-state index contributed by atoms with van der Waals surface area (Å²) in [6, 6.07) is 12.6. The van der Waals surface area contributed by atoms with Crippen LogP contribution in [0.3, 0.4) is 0 Å². The molecule has 1 heterocycles. The molecule has 0 aliphatic heterocycles. The number of rotatable bonds is 6. The van der Waals surface area contributed by atoms with E-state index in [4.69, 9.17) is 4.74 Å². The lowest BCUT2D eigenvalue weighted by Gasteiger charge is -2.09. The van der Waals surface area contributed by atoms with Gasteiger partial charge in [0.05, 0.1) is 16.3 Å². The van der Waals surface area contributed by atoms with E-state index < -0.39 is 0 Å². The molecular weight excluding hydrogens is 386 g/mol. The Bertz CT molecular complexity index is 1120. The minimum absolute atomic E-state index is 0.0695. The van der Waals surface area contributed by atoms with Crippen molar-refractivity contribution in [1.82, 2.24) is 4.57 Å². The number of thiazole rings is 1. The van der Waals surface area contributed by atoms with Gasteiger partial charge in [0.1, 0.15) is 5.75 Å². The van der Waals surface area contributed by atoms with Gasteiger partial charge in [0, 0.05) is 24.7 Å². The molecule has 0 unspecified atom stereocenters. The standard InChI is InChI=1S/C22H23N3O3S/c1-5-12-25-19-11-8-17(23-15(4)26)13-20(19)29-22(25)24-21(27)16-6-9-18(10-7-16)28-14(2)3/h5-11,13-14H,1,12H2,2-4H3,(H,23,26). The van der Waals surface area contributed by atoms with Crippen molar-refractivity contribution in [3.05, 3.63) is 65.5 Å². The number of carbonyl (C=O) groups excluding carboxylic acids is 2. The van der Waals surface area contributed by atoms with Crippen molar-refractivity contribution in [2.24, 2.45) is 4.99 Å². The summed E-state index contributed by atoms with van der Waals surface area (Å²) in [7, 11) is 0. The van der Waals surface area contributed by atoms with Gasteiger partial charge in [-0.3, -0.25) is 9.59 Å². The van der Waals surface area contributed by atoms with Crippen molar-refractivity contribution in [1.29, 1.82) is 0 Å². The van der Waals surface area contributed by atoms with Crippen LogP contribution in [0.4, 0.5) is 5.69 Å². The number of nitrogens with one attached hydrogen (secondary N) is 1. The van der Waals surface area contributed by atoms with E-state index >= 15 is 0 Å². The van der Waals surface area contributed by atoms with Gasteiger partial charge >= 0.3 is 0 Å². The molecule has 6 nitrogen and oxygen atoms in total. The third kappa shape index (κ3) is 5.00. The Morgan fingerprint density at radius 3 is 2.59 bits per heavy atom. The minimum Gasteiger partial charge on any atom is -0.491 e. The van der Waals surface area contributed by atoms with Crippen LogP contribution in [-0.2, 0) is 11.3 Å². The van der Waals surface area contributed by atoms with Crippen LogP contribution in [0, 0.1) is 0 Å². The molecule has 1 N–H and O–H groups in total. The second kappa shape index (κ2) is 8.87. The number of carbonyl (C=O) groups is 2. The smallest absolute Gasteiger partial charge is 0.279 e. The Hall–Kier alpha value is -3.19. The third-order valence-electron chi connectivity index (χ3n) is 3.99. The zero-order valence-corrected chi connectivity index (χ0v) is 17.5. The van der Waals surface area contributed by atoms with E-state index in [0.717, 1.165) is 10.2 Å². The molecule has 3 rings (SSSR count). The van der Waals surface area contributed by atoms with Gasteiger partial charge in [0.25, 0.3) is 5.91 Å². The average Bonchev–Trinajstić information content (AvgIpc) is 2.98. The predicted molar refractivity (Wildman–Crippen MR) is 116 cm³/mol. The van der Waals surface area contributed by atoms with Crippen LogP contribution in [0.15, 0.2) is 60.1 Å². The fraction of sp³-hybridized carbons (Fsp3) is 0.227. The van der Waals surface area contributed by atoms with Crippen LogP contribution >= 0.6 is 11.3 Å². The molecule has 0 fully saturated rings. The van der Waals surface area contributed by atoms with Crippen molar-refractivity contribution in [3.63, 3.8) is 0 Å². The Morgan fingerprint density at radius 1 is 1.24 bits per heavy atom. The maximum absolute atomic E-state index is 12.7. The summed E-state index contributed by atoms with van der Waals surface area (Å²) in [5.74, 6) is 0.253. The summed E-state index contributed by atoms with van der Waals surface area (Å²) < 4.78 is 8.46. The van der Waals surface area contributed by atoms with Gasteiger partial charge < -0.3 is 14.6 Å². The van der Waals surface area contributed by atoms with E-state index in [1.165, 1.54) is 18.3 Å². The summed E-state index contributed by atoms with van der Waals surface area (Å²) in [5, 5.41) is 2.77. The first-order valence-electron chi connectivity index (χ1n) is 9.25. The van der Waals surface area contributed by atoms with Crippen molar-refractivity contribution in [2.45, 2.75) is 33.4 Å². The molecule has 2 amide bonds. The number of ether oxygens (including phenoxy) is 1. The molecular formula is C22H23N3O3S. The first-order chi connectivity index (χ1) is 13.9. The largest absolute Gasteiger partial charge is 0.491 e. The monoisotopic (exact) mass is 409 g/mol. The zero-order valence-electron chi connectivity index (χ0n) is 16.6. The summed E-state index contributed by atoms with van der Waals surface area (Å²) >= 11 is 1.39. The number of hydrogen-bond acceptors (Lipinski definition) is 4. The van der Waals surface area contributed by atoms with Crippen LogP contribution in [0.2, 0.25) is 0 Å². The van der Waals surface area contributed by atoms with Crippen molar-refractivity contribution < 1.29 is 14.3 Å². The van der Waals surface area contributed by atoms with Gasteiger partial charge in [-0.1, -0.05) is 17.4 Å². The molecule has 0 saturated heterocycles. The number of anilines is 1. The second-order valence-electron chi connectivity index (χ2n) is 6.76. The van der Waals surface area contributed by atoms with Crippen molar-refractivity contribution in [3.8, 4) is 5.75 Å². The quantitative estimate of drug-likeness (QED) is 0.614. The molecule has 2 aromatic carbocycles. The summed E-state index contributed by atoms with van der Waals surface area (Å²) in [5.41, 5.74) is 2.12. The van der Waals surface area contributed by atoms with Gasteiger partial charge in [0.15, 0.2) is 4.80 Å². The highest BCUT2D eigenvalue weighted by Gasteiger charge is 2.10. The Balaban J connectivity index is 1.99. The SMILES string of the molecule is C=CCn1c(=NC(=O)c2ccc(OC(C)C)cc2)sc2cc(NC(C)=O)ccc21. The van der Waals surface area contributed by atoms with Crippen LogP contribution < -0.4 is 14.9 Å². The first-order valence-corrected chi connectivity index (χ1v) is 10.1. The van der Waals surface area contributed by atoms with Gasteiger partial charge in [0.2, 0.25) is 5.91 Å². The van der Waals surface area contributed by atoms with Gasteiger partial charge in [-0.15, -0.1) is 6.58 Å². The summed E-state index contributed by atoms with van der Waals surface area (Å²) in [6.07, 6.45) is 1.83. The fourth-order valence-corrected chi connectivity index (χ4v) is 3.92. The highest BCUT2D eigenvalue weighted by atomic mass is 32.1. The van der Waals surface area contributed by atoms with E-state index in [2.05, 4.69) is 16.9 Å². The molecule has 0 radical (unpaired) electrons. The Labute approximate surface area is 173 Å². The lowest BCUT2D eigenvalue weighted by Crippen LogP contribution is -2.16. The number of amides is 2. The van der Waals surface area contributed by atoms with E-state index in [0.29, 0.717) is 28.3 Å². The normalized spacial score (nSPS) is 11.7. The molecule has 3 aromatic rings. The van der Waals surface area contributed by atoms with Crippen molar-refractivity contribution in [2.75, 3.05) is 5.32 Å².